The van der Waals surface area contributed by atoms with Crippen LogP contribution in [0.5, 0.6) is 0 Å². The highest BCUT2D eigenvalue weighted by Crippen LogP contribution is 2.44. The van der Waals surface area contributed by atoms with E-state index in [-0.39, 0.29) is 12.1 Å². The van der Waals surface area contributed by atoms with E-state index in [0.717, 1.165) is 20.6 Å². The highest BCUT2D eigenvalue weighted by atomic mass is 35.5. The van der Waals surface area contributed by atoms with Gasteiger partial charge in [0.2, 0.25) is 0 Å². The van der Waals surface area contributed by atoms with Crippen molar-refractivity contribution in [1.82, 2.24) is 10.3 Å². The van der Waals surface area contributed by atoms with E-state index in [4.69, 9.17) is 23.8 Å². The first-order valence-corrected chi connectivity index (χ1v) is 9.56. The Morgan fingerprint density at radius 1 is 1.16 bits per heavy atom. The second kappa shape index (κ2) is 6.75. The van der Waals surface area contributed by atoms with Gasteiger partial charge < -0.3 is 10.2 Å². The molecular weight excluding hydrogens is 370 g/mol. The number of nitrogens with zero attached hydrogens (tertiary/aromatic N) is 2. The van der Waals surface area contributed by atoms with Gasteiger partial charge in [0.25, 0.3) is 0 Å². The molecule has 25 heavy (non-hydrogen) atoms. The first-order valence-electron chi connectivity index (χ1n) is 7.96. The first kappa shape index (κ1) is 16.5. The van der Waals surface area contributed by atoms with Crippen LogP contribution in [-0.2, 0) is 0 Å². The number of aryl methyl sites for hydroxylation is 1. The minimum absolute atomic E-state index is 0.0155. The molecule has 0 unspecified atom stereocenters. The summed E-state index contributed by atoms with van der Waals surface area (Å²) in [7, 11) is 0. The van der Waals surface area contributed by atoms with E-state index in [1.165, 1.54) is 5.56 Å². The molecule has 126 valence electrons. The third-order valence-corrected chi connectivity index (χ3v) is 5.88. The standard InChI is InChI=1S/C19H16ClN3S2/c1-12-5-4-6-13(11-12)23-18(15-8-9-16(20)25-15)17(22-19(23)24)14-7-2-3-10-21-14/h2-11,17-18H,1H3,(H,22,24)/t17-,18+/m1/s1. The minimum atomic E-state index is -0.0241. The number of thiophene rings is 1. The maximum Gasteiger partial charge on any atom is 0.174 e. The van der Waals surface area contributed by atoms with Gasteiger partial charge in [-0.05, 0) is 61.1 Å². The van der Waals surface area contributed by atoms with Crippen molar-refractivity contribution in [1.29, 1.82) is 0 Å². The number of aromatic nitrogens is 1. The summed E-state index contributed by atoms with van der Waals surface area (Å²) >= 11 is 13.5. The lowest BCUT2D eigenvalue weighted by molar-refractivity contribution is 0.575. The minimum Gasteiger partial charge on any atom is -0.351 e. The summed E-state index contributed by atoms with van der Waals surface area (Å²) in [5.41, 5.74) is 3.24. The zero-order chi connectivity index (χ0) is 17.4. The van der Waals surface area contributed by atoms with Crippen LogP contribution in [0.15, 0.2) is 60.8 Å². The number of halogens is 1. The summed E-state index contributed by atoms with van der Waals surface area (Å²) in [6.45, 7) is 2.09. The molecule has 2 aromatic heterocycles. The van der Waals surface area contributed by atoms with E-state index in [9.17, 15) is 0 Å². The number of pyridine rings is 1. The van der Waals surface area contributed by atoms with E-state index >= 15 is 0 Å². The summed E-state index contributed by atoms with van der Waals surface area (Å²) in [6, 6.07) is 18.3. The van der Waals surface area contributed by atoms with Crippen LogP contribution in [0.3, 0.4) is 0 Å². The van der Waals surface area contributed by atoms with E-state index in [1.54, 1.807) is 11.3 Å². The number of hydrogen-bond donors (Lipinski definition) is 1. The van der Waals surface area contributed by atoms with Gasteiger partial charge in [-0.1, -0.05) is 29.8 Å². The van der Waals surface area contributed by atoms with E-state index in [0.29, 0.717) is 5.11 Å². The SMILES string of the molecule is Cc1cccc(N2C(=S)N[C@H](c3ccccn3)[C@@H]2c2ccc(Cl)s2)c1. The molecule has 3 heterocycles. The van der Waals surface area contributed by atoms with Crippen LogP contribution in [0.2, 0.25) is 4.34 Å². The average Bonchev–Trinajstić information content (AvgIpc) is 3.18. The van der Waals surface area contributed by atoms with Gasteiger partial charge in [-0.15, -0.1) is 11.3 Å². The summed E-state index contributed by atoms with van der Waals surface area (Å²) in [5.74, 6) is 0. The number of anilines is 1. The largest absolute Gasteiger partial charge is 0.351 e. The number of thiocarbonyl (C=S) groups is 1. The monoisotopic (exact) mass is 385 g/mol. The van der Waals surface area contributed by atoms with Gasteiger partial charge in [0.05, 0.1) is 22.1 Å². The van der Waals surface area contributed by atoms with Gasteiger partial charge in [-0.3, -0.25) is 4.98 Å². The van der Waals surface area contributed by atoms with Crippen molar-refractivity contribution in [3.8, 4) is 0 Å². The fourth-order valence-electron chi connectivity index (χ4n) is 3.19. The molecule has 3 aromatic rings. The molecule has 1 saturated heterocycles. The third-order valence-electron chi connectivity index (χ3n) is 4.26. The Bertz CT molecular complexity index is 910. The van der Waals surface area contributed by atoms with Gasteiger partial charge in [0.1, 0.15) is 0 Å². The van der Waals surface area contributed by atoms with Crippen LogP contribution in [-0.4, -0.2) is 10.1 Å². The summed E-state index contributed by atoms with van der Waals surface area (Å²) in [5, 5.41) is 4.16. The second-order valence-corrected chi connectivity index (χ2v) is 8.11. The molecular formula is C19H16ClN3S2. The Hall–Kier alpha value is -1.95. The molecule has 0 spiro atoms. The Kier molecular flexibility index (Phi) is 4.46. The lowest BCUT2D eigenvalue weighted by Gasteiger charge is -2.27. The van der Waals surface area contributed by atoms with Crippen LogP contribution in [0, 0.1) is 6.92 Å². The normalized spacial score (nSPS) is 19.9. The number of nitrogens with one attached hydrogen (secondary N) is 1. The van der Waals surface area contributed by atoms with Crippen LogP contribution in [0.4, 0.5) is 5.69 Å². The fourth-order valence-corrected chi connectivity index (χ4v) is 4.72. The molecule has 0 saturated carbocycles. The van der Waals surface area contributed by atoms with Crippen molar-refractivity contribution in [2.24, 2.45) is 0 Å². The predicted molar refractivity (Wildman–Crippen MR) is 108 cm³/mol. The van der Waals surface area contributed by atoms with Gasteiger partial charge in [-0.2, -0.15) is 0 Å². The highest BCUT2D eigenvalue weighted by Gasteiger charge is 2.41. The zero-order valence-corrected chi connectivity index (χ0v) is 15.9. The smallest absolute Gasteiger partial charge is 0.174 e. The Balaban J connectivity index is 1.83. The van der Waals surface area contributed by atoms with Crippen LogP contribution in [0.1, 0.15) is 28.2 Å². The van der Waals surface area contributed by atoms with E-state index in [1.807, 2.05) is 30.5 Å². The molecule has 4 rings (SSSR count). The van der Waals surface area contributed by atoms with Crippen LogP contribution >= 0.6 is 35.2 Å². The van der Waals surface area contributed by atoms with E-state index in [2.05, 4.69) is 52.5 Å². The topological polar surface area (TPSA) is 28.2 Å². The zero-order valence-electron chi connectivity index (χ0n) is 13.5. The predicted octanol–water partition coefficient (Wildman–Crippen LogP) is 5.28. The van der Waals surface area contributed by atoms with Gasteiger partial charge in [0.15, 0.2) is 5.11 Å². The lowest BCUT2D eigenvalue weighted by atomic mass is 10.0. The first-order chi connectivity index (χ1) is 12.1. The van der Waals surface area contributed by atoms with Gasteiger partial charge >= 0.3 is 0 Å². The molecule has 6 heteroatoms. The highest BCUT2D eigenvalue weighted by molar-refractivity contribution is 7.80. The van der Waals surface area contributed by atoms with Crippen molar-refractivity contribution in [2.45, 2.75) is 19.0 Å². The fraction of sp³-hybridized carbons (Fsp3) is 0.158. The van der Waals surface area contributed by atoms with Crippen LogP contribution < -0.4 is 10.2 Å². The lowest BCUT2D eigenvalue weighted by Crippen LogP contribution is -2.29. The molecule has 2 atom stereocenters. The molecule has 0 radical (unpaired) electrons. The number of benzene rings is 1. The molecule has 0 amide bonds. The summed E-state index contributed by atoms with van der Waals surface area (Å²) in [4.78, 5) is 7.88. The van der Waals surface area contributed by atoms with Crippen molar-refractivity contribution in [3.63, 3.8) is 0 Å². The van der Waals surface area contributed by atoms with Crippen LogP contribution in [0.25, 0.3) is 0 Å². The summed E-state index contributed by atoms with van der Waals surface area (Å²) < 4.78 is 0.775. The number of hydrogen-bond acceptors (Lipinski definition) is 3. The Morgan fingerprint density at radius 3 is 2.72 bits per heavy atom. The van der Waals surface area contributed by atoms with Crippen molar-refractivity contribution < 1.29 is 0 Å². The molecule has 1 aliphatic rings. The average molecular weight is 386 g/mol. The molecule has 1 aromatic carbocycles. The molecule has 1 aliphatic heterocycles. The van der Waals surface area contributed by atoms with Crippen molar-refractivity contribution >= 4 is 46.0 Å². The molecule has 1 fully saturated rings. The number of rotatable bonds is 3. The van der Waals surface area contributed by atoms with Gasteiger partial charge in [-0.25, -0.2) is 0 Å². The van der Waals surface area contributed by atoms with Crippen molar-refractivity contribution in [2.75, 3.05) is 4.90 Å². The van der Waals surface area contributed by atoms with Gasteiger partial charge in [0, 0.05) is 16.8 Å². The molecule has 1 N–H and O–H groups in total. The maximum absolute atomic E-state index is 6.22. The quantitative estimate of drug-likeness (QED) is 0.620. The third kappa shape index (κ3) is 3.15. The van der Waals surface area contributed by atoms with E-state index < -0.39 is 0 Å². The summed E-state index contributed by atoms with van der Waals surface area (Å²) in [6.07, 6.45) is 1.81. The Morgan fingerprint density at radius 2 is 2.04 bits per heavy atom. The second-order valence-electron chi connectivity index (χ2n) is 5.98. The maximum atomic E-state index is 6.22. The molecule has 0 aliphatic carbocycles. The molecule has 3 nitrogen and oxygen atoms in total. The molecule has 0 bridgehead atoms. The Labute approximate surface area is 161 Å². The van der Waals surface area contributed by atoms with Crippen molar-refractivity contribution in [3.05, 3.63) is 81.3 Å².